The summed E-state index contributed by atoms with van der Waals surface area (Å²) in [5.74, 6) is 1.20. The zero-order valence-corrected chi connectivity index (χ0v) is 15.8. The molecule has 0 aromatic heterocycles. The molecule has 2 aliphatic heterocycles. The molecule has 1 amide bonds. The summed E-state index contributed by atoms with van der Waals surface area (Å²) in [4.78, 5) is 19.6. The predicted molar refractivity (Wildman–Crippen MR) is 101 cm³/mol. The van der Waals surface area contributed by atoms with Crippen LogP contribution in [-0.4, -0.2) is 92.3 Å². The van der Waals surface area contributed by atoms with Crippen LogP contribution in [0, 0.1) is 0 Å². The molecule has 2 heterocycles. The second-order valence-electron chi connectivity index (χ2n) is 6.90. The molecule has 2 fully saturated rings. The van der Waals surface area contributed by atoms with E-state index in [1.807, 2.05) is 35.2 Å². The van der Waals surface area contributed by atoms with E-state index in [0.717, 1.165) is 71.2 Å². The van der Waals surface area contributed by atoms with Gasteiger partial charge in [-0.2, -0.15) is 0 Å². The summed E-state index contributed by atoms with van der Waals surface area (Å²) < 4.78 is 11.2. The van der Waals surface area contributed by atoms with E-state index in [0.29, 0.717) is 6.61 Å². The molecule has 0 bridgehead atoms. The lowest BCUT2D eigenvalue weighted by atomic mass is 10.1. The zero-order valence-electron chi connectivity index (χ0n) is 15.8. The van der Waals surface area contributed by atoms with Crippen molar-refractivity contribution < 1.29 is 14.3 Å². The zero-order chi connectivity index (χ0) is 18.2. The highest BCUT2D eigenvalue weighted by Crippen LogP contribution is 2.13. The van der Waals surface area contributed by atoms with Crippen LogP contribution in [0.15, 0.2) is 30.3 Å². The third-order valence-electron chi connectivity index (χ3n) is 5.26. The maximum atomic E-state index is 12.9. The van der Waals surface area contributed by atoms with E-state index in [1.54, 1.807) is 0 Å². The number of benzene rings is 1. The number of ether oxygens (including phenoxy) is 2. The van der Waals surface area contributed by atoms with E-state index in [2.05, 4.69) is 16.7 Å². The predicted octanol–water partition coefficient (Wildman–Crippen LogP) is 1.32. The number of para-hydroxylation sites is 1. The summed E-state index contributed by atoms with van der Waals surface area (Å²) in [6, 6.07) is 9.92. The van der Waals surface area contributed by atoms with Crippen molar-refractivity contribution in [2.75, 3.05) is 65.6 Å². The summed E-state index contributed by atoms with van der Waals surface area (Å²) in [7, 11) is 0. The van der Waals surface area contributed by atoms with Crippen LogP contribution in [0.2, 0.25) is 0 Å². The number of hydrogen-bond donors (Lipinski definition) is 0. The number of hydrogen-bond acceptors (Lipinski definition) is 5. The Balaban J connectivity index is 1.40. The van der Waals surface area contributed by atoms with Crippen molar-refractivity contribution in [1.29, 1.82) is 0 Å². The minimum atomic E-state index is 0.00636. The Hall–Kier alpha value is -1.63. The van der Waals surface area contributed by atoms with E-state index in [4.69, 9.17) is 9.47 Å². The van der Waals surface area contributed by atoms with Crippen LogP contribution in [-0.2, 0) is 9.53 Å². The number of morpholine rings is 1. The first-order valence-corrected chi connectivity index (χ1v) is 9.78. The Bertz CT molecular complexity index is 540. The van der Waals surface area contributed by atoms with Crippen LogP contribution >= 0.6 is 0 Å². The van der Waals surface area contributed by atoms with Gasteiger partial charge in [-0.25, -0.2) is 0 Å². The molecule has 1 aromatic rings. The Morgan fingerprint density at radius 2 is 1.77 bits per heavy atom. The molecule has 144 valence electrons. The van der Waals surface area contributed by atoms with Gasteiger partial charge in [0.15, 0.2) is 0 Å². The quantitative estimate of drug-likeness (QED) is 0.733. The number of carbonyl (C=O) groups excluding carboxylic acids is 1. The summed E-state index contributed by atoms with van der Waals surface area (Å²) in [6.07, 6.45) is 0.865. The van der Waals surface area contributed by atoms with Gasteiger partial charge >= 0.3 is 0 Å². The lowest BCUT2D eigenvalue weighted by molar-refractivity contribution is -0.140. The maximum Gasteiger partial charge on any atom is 0.240 e. The first-order valence-electron chi connectivity index (χ1n) is 9.78. The number of nitrogens with zero attached hydrogens (tertiary/aromatic N) is 3. The van der Waals surface area contributed by atoms with Gasteiger partial charge in [-0.15, -0.1) is 0 Å². The average molecular weight is 361 g/mol. The number of piperazine rings is 1. The highest BCUT2D eigenvalue weighted by atomic mass is 16.5. The van der Waals surface area contributed by atoms with Gasteiger partial charge in [-0.1, -0.05) is 25.1 Å². The van der Waals surface area contributed by atoms with Gasteiger partial charge in [0.2, 0.25) is 5.91 Å². The first kappa shape index (κ1) is 19.1. The molecule has 6 heteroatoms. The molecule has 0 saturated carbocycles. The van der Waals surface area contributed by atoms with Crippen LogP contribution in [0.1, 0.15) is 13.3 Å². The smallest absolute Gasteiger partial charge is 0.240 e. The first-order chi connectivity index (χ1) is 12.8. The summed E-state index contributed by atoms with van der Waals surface area (Å²) in [5, 5.41) is 0. The highest BCUT2D eigenvalue weighted by Gasteiger charge is 2.31. The SMILES string of the molecule is CCC(C(=O)N1CCN(CCOc2ccccc2)CC1)N1CCOCC1. The summed E-state index contributed by atoms with van der Waals surface area (Å²) >= 11 is 0. The van der Waals surface area contributed by atoms with Crippen molar-refractivity contribution in [3.8, 4) is 5.75 Å². The van der Waals surface area contributed by atoms with Crippen LogP contribution in [0.3, 0.4) is 0 Å². The standard InChI is InChI=1S/C20H31N3O3/c1-2-19(22-13-15-25-16-14-22)20(24)23-10-8-21(9-11-23)12-17-26-18-6-4-3-5-7-18/h3-7,19H,2,8-17H2,1H3. The van der Waals surface area contributed by atoms with Crippen molar-refractivity contribution >= 4 is 5.91 Å². The van der Waals surface area contributed by atoms with Crippen molar-refractivity contribution in [3.63, 3.8) is 0 Å². The van der Waals surface area contributed by atoms with E-state index in [9.17, 15) is 4.79 Å². The molecule has 26 heavy (non-hydrogen) atoms. The van der Waals surface area contributed by atoms with E-state index >= 15 is 0 Å². The molecule has 0 aliphatic carbocycles. The Labute approximate surface area is 156 Å². The Morgan fingerprint density at radius 1 is 1.08 bits per heavy atom. The molecular formula is C20H31N3O3. The van der Waals surface area contributed by atoms with Gasteiger partial charge in [0.05, 0.1) is 19.3 Å². The fraction of sp³-hybridized carbons (Fsp3) is 0.650. The summed E-state index contributed by atoms with van der Waals surface area (Å²) in [5.41, 5.74) is 0. The molecule has 2 saturated heterocycles. The highest BCUT2D eigenvalue weighted by molar-refractivity contribution is 5.82. The Morgan fingerprint density at radius 3 is 2.42 bits per heavy atom. The third-order valence-corrected chi connectivity index (χ3v) is 5.26. The topological polar surface area (TPSA) is 45.2 Å². The number of carbonyl (C=O) groups is 1. The second-order valence-corrected chi connectivity index (χ2v) is 6.90. The van der Waals surface area contributed by atoms with Crippen molar-refractivity contribution in [1.82, 2.24) is 14.7 Å². The molecule has 2 aliphatic rings. The average Bonchev–Trinajstić information content (AvgIpc) is 2.71. The van der Waals surface area contributed by atoms with E-state index in [1.165, 1.54) is 0 Å². The fourth-order valence-electron chi connectivity index (χ4n) is 3.69. The molecular weight excluding hydrogens is 330 g/mol. The van der Waals surface area contributed by atoms with Crippen LogP contribution < -0.4 is 4.74 Å². The van der Waals surface area contributed by atoms with Gasteiger partial charge in [0.1, 0.15) is 12.4 Å². The molecule has 1 unspecified atom stereocenters. The van der Waals surface area contributed by atoms with E-state index < -0.39 is 0 Å². The van der Waals surface area contributed by atoms with Crippen molar-refractivity contribution in [2.24, 2.45) is 0 Å². The van der Waals surface area contributed by atoms with E-state index in [-0.39, 0.29) is 11.9 Å². The van der Waals surface area contributed by atoms with Crippen molar-refractivity contribution in [2.45, 2.75) is 19.4 Å². The molecule has 0 radical (unpaired) electrons. The molecule has 3 rings (SSSR count). The lowest BCUT2D eigenvalue weighted by Crippen LogP contribution is -2.56. The fourth-order valence-corrected chi connectivity index (χ4v) is 3.69. The normalized spacial score (nSPS) is 20.7. The molecule has 0 spiro atoms. The molecule has 1 atom stereocenters. The van der Waals surface area contributed by atoms with Crippen LogP contribution in [0.25, 0.3) is 0 Å². The van der Waals surface area contributed by atoms with Crippen molar-refractivity contribution in [3.05, 3.63) is 30.3 Å². The van der Waals surface area contributed by atoms with Crippen LogP contribution in [0.5, 0.6) is 5.75 Å². The second kappa shape index (κ2) is 9.90. The largest absolute Gasteiger partial charge is 0.492 e. The van der Waals surface area contributed by atoms with Gasteiger partial charge in [0, 0.05) is 45.8 Å². The number of amides is 1. The molecule has 0 N–H and O–H groups in total. The Kier molecular flexibility index (Phi) is 7.29. The van der Waals surface area contributed by atoms with Gasteiger partial charge in [0.25, 0.3) is 0 Å². The minimum absolute atomic E-state index is 0.00636. The lowest BCUT2D eigenvalue weighted by Gasteiger charge is -2.39. The minimum Gasteiger partial charge on any atom is -0.492 e. The molecule has 6 nitrogen and oxygen atoms in total. The van der Waals surface area contributed by atoms with Gasteiger partial charge < -0.3 is 14.4 Å². The monoisotopic (exact) mass is 361 g/mol. The summed E-state index contributed by atoms with van der Waals surface area (Å²) in [6.45, 7) is 10.3. The van der Waals surface area contributed by atoms with Gasteiger partial charge in [-0.05, 0) is 18.6 Å². The van der Waals surface area contributed by atoms with Crippen LogP contribution in [0.4, 0.5) is 0 Å². The molecule has 1 aromatic carbocycles. The number of rotatable bonds is 7. The van der Waals surface area contributed by atoms with Gasteiger partial charge in [-0.3, -0.25) is 14.6 Å². The maximum absolute atomic E-state index is 12.9. The third kappa shape index (κ3) is 5.19.